The molecule has 1 N–H and O–H groups in total. The molecule has 1 aromatic rings. The van der Waals surface area contributed by atoms with Crippen molar-refractivity contribution in [3.63, 3.8) is 0 Å². The summed E-state index contributed by atoms with van der Waals surface area (Å²) >= 11 is 0. The van der Waals surface area contributed by atoms with Crippen LogP contribution in [0.1, 0.15) is 24.2 Å². The van der Waals surface area contributed by atoms with E-state index in [0.29, 0.717) is 18.7 Å². The van der Waals surface area contributed by atoms with Crippen LogP contribution in [0.3, 0.4) is 0 Å². The van der Waals surface area contributed by atoms with Gasteiger partial charge in [0.15, 0.2) is 5.69 Å². The van der Waals surface area contributed by atoms with Crippen LogP contribution in [-0.4, -0.2) is 27.7 Å². The average molecular weight is 260 g/mol. The maximum atomic E-state index is 12.2. The van der Waals surface area contributed by atoms with E-state index in [4.69, 9.17) is 0 Å². The second-order valence-corrected chi connectivity index (χ2v) is 3.89. The van der Waals surface area contributed by atoms with Gasteiger partial charge in [0, 0.05) is 13.0 Å². The lowest BCUT2D eigenvalue weighted by atomic mass is 10.3. The number of hydrazine groups is 1. The predicted octanol–water partition coefficient (Wildman–Crippen LogP) is 1.12. The number of carbonyl (C=O) groups excluding carboxylic acids is 1. The molecule has 18 heavy (non-hydrogen) atoms. The van der Waals surface area contributed by atoms with Crippen molar-refractivity contribution < 1.29 is 18.0 Å². The summed E-state index contributed by atoms with van der Waals surface area (Å²) in [5.74, 6) is -0.0186. The van der Waals surface area contributed by atoms with E-state index in [9.17, 15) is 18.0 Å². The first-order valence-corrected chi connectivity index (χ1v) is 5.40. The van der Waals surface area contributed by atoms with Crippen molar-refractivity contribution in [2.24, 2.45) is 0 Å². The molecule has 1 aliphatic rings. The Morgan fingerprint density at radius 2 is 2.11 bits per heavy atom. The number of nitrogens with one attached hydrogen (secondary N) is 1. The van der Waals surface area contributed by atoms with Crippen LogP contribution in [0, 0.1) is 0 Å². The molecule has 0 unspecified atom stereocenters. The molecule has 1 aromatic heterocycles. The van der Waals surface area contributed by atoms with Crippen LogP contribution in [-0.2, 0) is 17.5 Å². The summed E-state index contributed by atoms with van der Waals surface area (Å²) in [6, 6.07) is 2.11. The van der Waals surface area contributed by atoms with Crippen molar-refractivity contribution in [2.45, 2.75) is 25.6 Å². The van der Waals surface area contributed by atoms with Crippen LogP contribution in [0.25, 0.3) is 0 Å². The van der Waals surface area contributed by atoms with Gasteiger partial charge in [-0.2, -0.15) is 18.3 Å². The lowest BCUT2D eigenvalue weighted by Gasteiger charge is -2.16. The fourth-order valence-electron chi connectivity index (χ4n) is 1.60. The van der Waals surface area contributed by atoms with Gasteiger partial charge in [0.2, 0.25) is 5.91 Å². The molecular weight excluding hydrogens is 249 g/mol. The Morgan fingerprint density at radius 1 is 1.33 bits per heavy atom. The lowest BCUT2D eigenvalue weighted by Crippen LogP contribution is -2.38. The summed E-state index contributed by atoms with van der Waals surface area (Å²) in [6.07, 6.45) is -3.21. The summed E-state index contributed by atoms with van der Waals surface area (Å²) in [4.78, 5) is 11.3. The molecule has 98 valence electrons. The highest BCUT2D eigenvalue weighted by molar-refractivity contribution is 5.77. The highest BCUT2D eigenvalue weighted by atomic mass is 19.4. The van der Waals surface area contributed by atoms with Gasteiger partial charge in [-0.15, -0.1) is 5.10 Å². The third-order valence-electron chi connectivity index (χ3n) is 2.53. The number of hydrogen-bond acceptors (Lipinski definition) is 4. The molecule has 5 nitrogen and oxygen atoms in total. The van der Waals surface area contributed by atoms with Gasteiger partial charge in [-0.3, -0.25) is 9.80 Å². The second-order valence-electron chi connectivity index (χ2n) is 3.89. The standard InChI is InChI=1S/C10H11F3N4O/c11-10(12,13)8-4-3-7(15-16-8)6-14-17-5-1-2-9(17)18/h3-4,14H,1-2,5-6H2. The molecule has 1 fully saturated rings. The van der Waals surface area contributed by atoms with Gasteiger partial charge >= 0.3 is 6.18 Å². The van der Waals surface area contributed by atoms with Crippen molar-refractivity contribution in [3.8, 4) is 0 Å². The van der Waals surface area contributed by atoms with E-state index >= 15 is 0 Å². The van der Waals surface area contributed by atoms with Gasteiger partial charge in [-0.05, 0) is 18.6 Å². The van der Waals surface area contributed by atoms with E-state index < -0.39 is 11.9 Å². The van der Waals surface area contributed by atoms with Crippen LogP contribution in [0.4, 0.5) is 13.2 Å². The Bertz CT molecular complexity index is 432. The van der Waals surface area contributed by atoms with E-state index in [1.807, 2.05) is 0 Å². The van der Waals surface area contributed by atoms with Gasteiger partial charge in [-0.1, -0.05) is 0 Å². The molecule has 8 heteroatoms. The minimum atomic E-state index is -4.48. The summed E-state index contributed by atoms with van der Waals surface area (Å²) < 4.78 is 36.7. The molecule has 2 rings (SSSR count). The number of carbonyl (C=O) groups is 1. The fourth-order valence-corrected chi connectivity index (χ4v) is 1.60. The van der Waals surface area contributed by atoms with Crippen molar-refractivity contribution >= 4 is 5.91 Å². The molecule has 0 spiro atoms. The van der Waals surface area contributed by atoms with Crippen LogP contribution < -0.4 is 5.43 Å². The Balaban J connectivity index is 1.92. The van der Waals surface area contributed by atoms with Crippen LogP contribution in [0.2, 0.25) is 0 Å². The lowest BCUT2D eigenvalue weighted by molar-refractivity contribution is -0.141. The van der Waals surface area contributed by atoms with Gasteiger partial charge in [0.25, 0.3) is 0 Å². The molecule has 0 saturated carbocycles. The molecule has 0 aliphatic carbocycles. The highest BCUT2D eigenvalue weighted by Gasteiger charge is 2.32. The van der Waals surface area contributed by atoms with Crippen LogP contribution in [0.15, 0.2) is 12.1 Å². The Hall–Kier alpha value is -1.70. The maximum absolute atomic E-state index is 12.2. The molecule has 1 amide bonds. The molecule has 0 radical (unpaired) electrons. The third kappa shape index (κ3) is 2.95. The molecule has 0 bridgehead atoms. The number of alkyl halides is 3. The molecule has 0 aromatic carbocycles. The average Bonchev–Trinajstić information content (AvgIpc) is 2.72. The second kappa shape index (κ2) is 4.89. The smallest absolute Gasteiger partial charge is 0.278 e. The number of aromatic nitrogens is 2. The number of nitrogens with zero attached hydrogens (tertiary/aromatic N) is 3. The number of rotatable bonds is 3. The topological polar surface area (TPSA) is 58.1 Å². The first-order chi connectivity index (χ1) is 8.47. The molecule has 2 heterocycles. The molecule has 1 aliphatic heterocycles. The van der Waals surface area contributed by atoms with Crippen molar-refractivity contribution in [3.05, 3.63) is 23.5 Å². The van der Waals surface area contributed by atoms with Crippen molar-refractivity contribution in [2.75, 3.05) is 6.54 Å². The molecule has 0 atom stereocenters. The Labute approximate surface area is 101 Å². The quantitative estimate of drug-likeness (QED) is 0.884. The fraction of sp³-hybridized carbons (Fsp3) is 0.500. The van der Waals surface area contributed by atoms with E-state index in [2.05, 4.69) is 15.6 Å². The van der Waals surface area contributed by atoms with Gasteiger partial charge in [0.1, 0.15) is 0 Å². The Morgan fingerprint density at radius 3 is 2.61 bits per heavy atom. The summed E-state index contributed by atoms with van der Waals surface area (Å²) in [5, 5.41) is 8.00. The van der Waals surface area contributed by atoms with Gasteiger partial charge in [-0.25, -0.2) is 5.43 Å². The SMILES string of the molecule is O=C1CCCN1NCc1ccc(C(F)(F)F)nn1. The van der Waals surface area contributed by atoms with Gasteiger partial charge < -0.3 is 0 Å². The predicted molar refractivity (Wildman–Crippen MR) is 54.8 cm³/mol. The Kier molecular flexibility index (Phi) is 3.46. The number of amides is 1. The molecular formula is C10H11F3N4O. The molecule has 1 saturated heterocycles. The van der Waals surface area contributed by atoms with E-state index in [0.717, 1.165) is 12.5 Å². The summed E-state index contributed by atoms with van der Waals surface area (Å²) in [6.45, 7) is 0.782. The normalized spacial score (nSPS) is 16.4. The first kappa shape index (κ1) is 12.7. The zero-order valence-electron chi connectivity index (χ0n) is 9.37. The van der Waals surface area contributed by atoms with Gasteiger partial charge in [0.05, 0.1) is 12.2 Å². The number of halogens is 3. The maximum Gasteiger partial charge on any atom is 0.435 e. The number of hydrogen-bond donors (Lipinski definition) is 1. The van der Waals surface area contributed by atoms with Crippen LogP contribution >= 0.6 is 0 Å². The monoisotopic (exact) mass is 260 g/mol. The van der Waals surface area contributed by atoms with E-state index in [1.165, 1.54) is 11.1 Å². The minimum Gasteiger partial charge on any atom is -0.278 e. The van der Waals surface area contributed by atoms with Crippen molar-refractivity contribution in [1.29, 1.82) is 0 Å². The zero-order chi connectivity index (χ0) is 13.2. The summed E-state index contributed by atoms with van der Waals surface area (Å²) in [5.41, 5.74) is 2.13. The largest absolute Gasteiger partial charge is 0.435 e. The minimum absolute atomic E-state index is 0.0186. The van der Waals surface area contributed by atoms with Crippen molar-refractivity contribution in [1.82, 2.24) is 20.6 Å². The van der Waals surface area contributed by atoms with Crippen LogP contribution in [0.5, 0.6) is 0 Å². The first-order valence-electron chi connectivity index (χ1n) is 5.40. The highest BCUT2D eigenvalue weighted by Crippen LogP contribution is 2.26. The van der Waals surface area contributed by atoms with E-state index in [-0.39, 0.29) is 12.5 Å². The van der Waals surface area contributed by atoms with E-state index in [1.54, 1.807) is 0 Å². The summed E-state index contributed by atoms with van der Waals surface area (Å²) in [7, 11) is 0. The third-order valence-corrected chi connectivity index (χ3v) is 2.53. The zero-order valence-corrected chi connectivity index (χ0v) is 9.37.